The third kappa shape index (κ3) is 4.98. The van der Waals surface area contributed by atoms with Crippen LogP contribution in [0.5, 0.6) is 0 Å². The van der Waals surface area contributed by atoms with Crippen LogP contribution in [0.15, 0.2) is 70.3 Å². The molecule has 2 unspecified atom stereocenters. The number of benzene rings is 2. The highest BCUT2D eigenvalue weighted by atomic mass is 16.2. The van der Waals surface area contributed by atoms with E-state index in [4.69, 9.17) is 0 Å². The molecule has 2 aromatic heterocycles. The second-order valence-corrected chi connectivity index (χ2v) is 8.70. The summed E-state index contributed by atoms with van der Waals surface area (Å²) < 4.78 is 2.21. The van der Waals surface area contributed by atoms with Crippen molar-refractivity contribution < 1.29 is 9.59 Å². The number of carbonyl (C=O) groups is 2. The Morgan fingerprint density at radius 2 is 1.49 bits per heavy atom. The van der Waals surface area contributed by atoms with Crippen LogP contribution in [0.4, 0.5) is 0 Å². The van der Waals surface area contributed by atoms with Crippen LogP contribution in [-0.4, -0.2) is 36.8 Å². The highest BCUT2D eigenvalue weighted by Gasteiger charge is 2.31. The molecular formula is C26H27N5O4. The van der Waals surface area contributed by atoms with E-state index in [0.29, 0.717) is 6.42 Å². The molecule has 1 amide bonds. The molecule has 180 valence electrons. The van der Waals surface area contributed by atoms with E-state index in [1.807, 2.05) is 67.6 Å². The number of fused-ring (bicyclic) bond motifs is 1. The maximum Gasteiger partial charge on any atom is 0.332 e. The van der Waals surface area contributed by atoms with Crippen molar-refractivity contribution in [1.82, 2.24) is 24.4 Å². The number of imidazole rings is 1. The van der Waals surface area contributed by atoms with Crippen molar-refractivity contribution in [3.63, 3.8) is 0 Å². The topological polar surface area (TPSA) is 119 Å². The second kappa shape index (κ2) is 9.92. The Morgan fingerprint density at radius 1 is 0.914 bits per heavy atom. The van der Waals surface area contributed by atoms with Crippen molar-refractivity contribution in [2.24, 2.45) is 14.1 Å². The van der Waals surface area contributed by atoms with Gasteiger partial charge < -0.3 is 10.3 Å². The van der Waals surface area contributed by atoms with Gasteiger partial charge >= 0.3 is 5.69 Å². The fourth-order valence-corrected chi connectivity index (χ4v) is 4.14. The van der Waals surface area contributed by atoms with Crippen LogP contribution < -0.4 is 16.6 Å². The first-order valence-corrected chi connectivity index (χ1v) is 11.3. The molecule has 0 aliphatic rings. The van der Waals surface area contributed by atoms with Gasteiger partial charge in [-0.05, 0) is 30.9 Å². The number of rotatable bonds is 8. The third-order valence-electron chi connectivity index (χ3n) is 6.03. The SMILES string of the molecule is CC(Cc1ccccc1)NC(=O)C(=O)C(Cc1ccccc1)c1nc2c([nH]1)c(=O)n(C)c(=O)n2C. The first kappa shape index (κ1) is 23.9. The molecule has 0 radical (unpaired) electrons. The predicted molar refractivity (Wildman–Crippen MR) is 132 cm³/mol. The minimum Gasteiger partial charge on any atom is -0.347 e. The van der Waals surface area contributed by atoms with E-state index >= 15 is 0 Å². The molecule has 0 aliphatic carbocycles. The number of Topliss-reactive ketones (excluding diaryl/α,β-unsaturated/α-hetero) is 1. The molecule has 35 heavy (non-hydrogen) atoms. The van der Waals surface area contributed by atoms with Crippen LogP contribution in [0.25, 0.3) is 11.2 Å². The van der Waals surface area contributed by atoms with Crippen LogP contribution in [0.2, 0.25) is 0 Å². The summed E-state index contributed by atoms with van der Waals surface area (Å²) in [6.07, 6.45) is 0.778. The molecule has 0 spiro atoms. The predicted octanol–water partition coefficient (Wildman–Crippen LogP) is 1.60. The summed E-state index contributed by atoms with van der Waals surface area (Å²) in [6, 6.07) is 18.7. The standard InChI is InChI=1S/C26H27N5O4/c1-16(14-17-10-6-4-7-11-17)27-24(33)21(32)19(15-18-12-8-5-9-13-18)22-28-20-23(29-22)30(2)26(35)31(3)25(20)34/h4-13,16,19H,14-15H2,1-3H3,(H,27,33)(H,28,29). The molecular weight excluding hydrogens is 446 g/mol. The number of ketones is 1. The number of aromatic amines is 1. The maximum absolute atomic E-state index is 13.4. The molecule has 9 heteroatoms. The lowest BCUT2D eigenvalue weighted by molar-refractivity contribution is -0.139. The molecule has 2 atom stereocenters. The summed E-state index contributed by atoms with van der Waals surface area (Å²) in [5, 5.41) is 2.79. The molecule has 0 saturated heterocycles. The van der Waals surface area contributed by atoms with E-state index in [1.54, 1.807) is 0 Å². The van der Waals surface area contributed by atoms with Gasteiger partial charge in [0.15, 0.2) is 5.65 Å². The normalized spacial score (nSPS) is 12.9. The van der Waals surface area contributed by atoms with Gasteiger partial charge in [-0.15, -0.1) is 0 Å². The van der Waals surface area contributed by atoms with Gasteiger partial charge in [0, 0.05) is 20.1 Å². The molecule has 4 rings (SSSR count). The summed E-state index contributed by atoms with van der Waals surface area (Å²) in [7, 11) is 2.87. The zero-order valence-electron chi connectivity index (χ0n) is 19.8. The van der Waals surface area contributed by atoms with E-state index in [9.17, 15) is 19.2 Å². The molecule has 0 aliphatic heterocycles. The molecule has 0 bridgehead atoms. The number of nitrogens with one attached hydrogen (secondary N) is 2. The first-order chi connectivity index (χ1) is 16.8. The fourth-order valence-electron chi connectivity index (χ4n) is 4.14. The summed E-state index contributed by atoms with van der Waals surface area (Å²) in [5.41, 5.74) is 1.04. The third-order valence-corrected chi connectivity index (χ3v) is 6.03. The maximum atomic E-state index is 13.4. The number of carbonyl (C=O) groups excluding carboxylic acids is 2. The largest absolute Gasteiger partial charge is 0.347 e. The molecule has 9 nitrogen and oxygen atoms in total. The summed E-state index contributed by atoms with van der Waals surface area (Å²) in [4.78, 5) is 58.7. The minimum absolute atomic E-state index is 0.105. The van der Waals surface area contributed by atoms with Gasteiger partial charge in [0.05, 0.1) is 5.92 Å². The van der Waals surface area contributed by atoms with Crippen LogP contribution in [0, 0.1) is 0 Å². The van der Waals surface area contributed by atoms with Gasteiger partial charge in [-0.25, -0.2) is 9.78 Å². The number of hydrogen-bond donors (Lipinski definition) is 2. The van der Waals surface area contributed by atoms with Gasteiger partial charge in [-0.2, -0.15) is 0 Å². The molecule has 2 aromatic carbocycles. The second-order valence-electron chi connectivity index (χ2n) is 8.70. The van der Waals surface area contributed by atoms with E-state index in [0.717, 1.165) is 15.7 Å². The number of aryl methyl sites for hydroxylation is 1. The Kier molecular flexibility index (Phi) is 6.77. The number of amides is 1. The molecule has 2 heterocycles. The van der Waals surface area contributed by atoms with E-state index in [-0.39, 0.29) is 29.5 Å². The Hall–Kier alpha value is -4.27. The van der Waals surface area contributed by atoms with E-state index in [1.165, 1.54) is 18.7 Å². The van der Waals surface area contributed by atoms with Crippen molar-refractivity contribution in [2.75, 3.05) is 0 Å². The van der Waals surface area contributed by atoms with E-state index < -0.39 is 28.9 Å². The highest BCUT2D eigenvalue weighted by Crippen LogP contribution is 2.22. The van der Waals surface area contributed by atoms with Crippen LogP contribution >= 0.6 is 0 Å². The Balaban J connectivity index is 1.66. The van der Waals surface area contributed by atoms with Gasteiger partial charge in [-0.1, -0.05) is 60.7 Å². The van der Waals surface area contributed by atoms with Crippen LogP contribution in [0.1, 0.15) is 29.8 Å². The van der Waals surface area contributed by atoms with Gasteiger partial charge in [0.2, 0.25) is 5.78 Å². The summed E-state index contributed by atoms with van der Waals surface area (Å²) >= 11 is 0. The fraction of sp³-hybridized carbons (Fsp3) is 0.269. The smallest absolute Gasteiger partial charge is 0.332 e. The summed E-state index contributed by atoms with van der Waals surface area (Å²) in [6.45, 7) is 1.84. The van der Waals surface area contributed by atoms with Crippen molar-refractivity contribution in [3.05, 3.63) is 98.5 Å². The average Bonchev–Trinajstić information content (AvgIpc) is 3.31. The minimum atomic E-state index is -0.964. The number of aromatic nitrogens is 4. The van der Waals surface area contributed by atoms with Crippen LogP contribution in [0.3, 0.4) is 0 Å². The molecule has 0 fully saturated rings. The zero-order valence-corrected chi connectivity index (χ0v) is 19.8. The molecule has 4 aromatic rings. The van der Waals surface area contributed by atoms with E-state index in [2.05, 4.69) is 15.3 Å². The lowest BCUT2D eigenvalue weighted by atomic mass is 9.93. The van der Waals surface area contributed by atoms with Gasteiger partial charge in [0.25, 0.3) is 11.5 Å². The highest BCUT2D eigenvalue weighted by molar-refractivity contribution is 6.38. The van der Waals surface area contributed by atoms with Crippen molar-refractivity contribution in [1.29, 1.82) is 0 Å². The molecule has 0 saturated carbocycles. The van der Waals surface area contributed by atoms with Crippen molar-refractivity contribution in [2.45, 2.75) is 31.7 Å². The monoisotopic (exact) mass is 473 g/mol. The number of nitrogens with zero attached hydrogens (tertiary/aromatic N) is 3. The van der Waals surface area contributed by atoms with Crippen LogP contribution in [-0.2, 0) is 36.5 Å². The number of hydrogen-bond acceptors (Lipinski definition) is 5. The van der Waals surface area contributed by atoms with Crippen molar-refractivity contribution in [3.8, 4) is 0 Å². The average molecular weight is 474 g/mol. The number of H-pyrrole nitrogens is 1. The zero-order chi connectivity index (χ0) is 25.1. The Labute approximate surface area is 201 Å². The summed E-state index contributed by atoms with van der Waals surface area (Å²) in [5.74, 6) is -2.20. The van der Waals surface area contributed by atoms with Gasteiger partial charge in [0.1, 0.15) is 11.3 Å². The first-order valence-electron chi connectivity index (χ1n) is 11.3. The lowest BCUT2D eigenvalue weighted by Crippen LogP contribution is -2.41. The molecule has 2 N–H and O–H groups in total. The Morgan fingerprint density at radius 3 is 2.09 bits per heavy atom. The van der Waals surface area contributed by atoms with Crippen molar-refractivity contribution >= 4 is 22.9 Å². The lowest BCUT2D eigenvalue weighted by Gasteiger charge is -2.17. The quantitative estimate of drug-likeness (QED) is 0.377. The Bertz CT molecular complexity index is 1490. The van der Waals surface area contributed by atoms with Gasteiger partial charge in [-0.3, -0.25) is 23.5 Å².